The summed E-state index contributed by atoms with van der Waals surface area (Å²) in [5.41, 5.74) is 4.55. The number of allylic oxidation sites excluding steroid dienone is 3. The van der Waals surface area contributed by atoms with Crippen molar-refractivity contribution in [1.82, 2.24) is 0 Å². The Bertz CT molecular complexity index is 743. The van der Waals surface area contributed by atoms with Crippen molar-refractivity contribution in [3.05, 3.63) is 76.8 Å². The summed E-state index contributed by atoms with van der Waals surface area (Å²) in [6.07, 6.45) is 8.18. The zero-order valence-corrected chi connectivity index (χ0v) is 15.3. The van der Waals surface area contributed by atoms with Crippen LogP contribution < -0.4 is 0 Å². The highest BCUT2D eigenvalue weighted by atomic mass is 16.3. The van der Waals surface area contributed by atoms with Gasteiger partial charge in [0.25, 0.3) is 0 Å². The van der Waals surface area contributed by atoms with Gasteiger partial charge < -0.3 is 4.42 Å². The van der Waals surface area contributed by atoms with E-state index in [0.29, 0.717) is 0 Å². The van der Waals surface area contributed by atoms with Crippen molar-refractivity contribution in [3.8, 4) is 0 Å². The molecule has 0 fully saturated rings. The van der Waals surface area contributed by atoms with Crippen LogP contribution in [0.3, 0.4) is 0 Å². The van der Waals surface area contributed by atoms with Gasteiger partial charge in [-0.2, -0.15) is 0 Å². The lowest BCUT2D eigenvalue weighted by Gasteiger charge is -2.32. The Kier molecular flexibility index (Phi) is 4.80. The van der Waals surface area contributed by atoms with Crippen LogP contribution in [0.1, 0.15) is 70.0 Å². The first-order valence-electron chi connectivity index (χ1n) is 9.00. The molecule has 1 heteroatoms. The van der Waals surface area contributed by atoms with Crippen LogP contribution in [0, 0.1) is 5.41 Å². The standard InChI is InChI=1S/C23H28O/c1-17-9-8-16-23(3,4)21(17)14-12-20-13-15-22(24-20)18(2)19-10-6-5-7-11-19/h5-7,10-15,18H,8-9,16H2,1-4H3/b14-12+. The molecule has 0 saturated carbocycles. The Balaban J connectivity index is 1.79. The third-order valence-corrected chi connectivity index (χ3v) is 5.33. The quantitative estimate of drug-likeness (QED) is 0.592. The Morgan fingerprint density at radius 3 is 2.50 bits per heavy atom. The largest absolute Gasteiger partial charge is 0.461 e. The summed E-state index contributed by atoms with van der Waals surface area (Å²) in [6, 6.07) is 14.7. The molecule has 0 aliphatic heterocycles. The lowest BCUT2D eigenvalue weighted by Crippen LogP contribution is -2.18. The van der Waals surface area contributed by atoms with E-state index in [2.05, 4.69) is 82.3 Å². The number of benzene rings is 1. The Morgan fingerprint density at radius 2 is 1.79 bits per heavy atom. The van der Waals surface area contributed by atoms with Gasteiger partial charge in [0.2, 0.25) is 0 Å². The highest BCUT2D eigenvalue weighted by Crippen LogP contribution is 2.41. The molecule has 1 aromatic carbocycles. The second-order valence-electron chi connectivity index (χ2n) is 7.64. The van der Waals surface area contributed by atoms with Crippen LogP contribution in [0.2, 0.25) is 0 Å². The molecule has 0 amide bonds. The predicted molar refractivity (Wildman–Crippen MR) is 102 cm³/mol. The van der Waals surface area contributed by atoms with Crippen LogP contribution >= 0.6 is 0 Å². The highest BCUT2D eigenvalue weighted by molar-refractivity contribution is 5.51. The second kappa shape index (κ2) is 6.84. The first-order chi connectivity index (χ1) is 11.5. The zero-order chi connectivity index (χ0) is 17.2. The van der Waals surface area contributed by atoms with Crippen molar-refractivity contribution in [2.45, 2.75) is 52.9 Å². The van der Waals surface area contributed by atoms with Crippen LogP contribution in [0.5, 0.6) is 0 Å². The number of furan rings is 1. The molecule has 1 unspecified atom stereocenters. The summed E-state index contributed by atoms with van der Waals surface area (Å²) in [7, 11) is 0. The molecule has 1 atom stereocenters. The third-order valence-electron chi connectivity index (χ3n) is 5.33. The van der Waals surface area contributed by atoms with Crippen molar-refractivity contribution >= 4 is 6.08 Å². The van der Waals surface area contributed by atoms with Gasteiger partial charge >= 0.3 is 0 Å². The molecule has 0 bridgehead atoms. The molecule has 24 heavy (non-hydrogen) atoms. The fourth-order valence-corrected chi connectivity index (χ4v) is 3.77. The summed E-state index contributed by atoms with van der Waals surface area (Å²) >= 11 is 0. The maximum Gasteiger partial charge on any atom is 0.127 e. The normalized spacial score (nSPS) is 19.0. The van der Waals surface area contributed by atoms with Gasteiger partial charge in [-0.1, -0.05) is 62.8 Å². The Morgan fingerprint density at radius 1 is 1.04 bits per heavy atom. The van der Waals surface area contributed by atoms with Crippen LogP contribution in [-0.2, 0) is 0 Å². The first-order valence-corrected chi connectivity index (χ1v) is 9.00. The molecule has 1 aliphatic carbocycles. The monoisotopic (exact) mass is 320 g/mol. The molecule has 1 aliphatic rings. The fourth-order valence-electron chi connectivity index (χ4n) is 3.77. The van der Waals surface area contributed by atoms with Crippen molar-refractivity contribution < 1.29 is 4.42 Å². The van der Waals surface area contributed by atoms with E-state index in [1.54, 1.807) is 0 Å². The van der Waals surface area contributed by atoms with Gasteiger partial charge in [-0.3, -0.25) is 0 Å². The fraction of sp³-hybridized carbons (Fsp3) is 0.391. The Labute approximate surface area is 146 Å². The van der Waals surface area contributed by atoms with E-state index in [1.165, 1.54) is 36.0 Å². The van der Waals surface area contributed by atoms with Crippen LogP contribution in [0.4, 0.5) is 0 Å². The van der Waals surface area contributed by atoms with Crippen molar-refractivity contribution in [2.24, 2.45) is 5.41 Å². The smallest absolute Gasteiger partial charge is 0.127 e. The topological polar surface area (TPSA) is 13.1 Å². The molecule has 0 saturated heterocycles. The van der Waals surface area contributed by atoms with Gasteiger partial charge in [0.05, 0.1) is 0 Å². The van der Waals surface area contributed by atoms with E-state index in [1.807, 2.05) is 0 Å². The second-order valence-corrected chi connectivity index (χ2v) is 7.64. The molecule has 3 rings (SSSR count). The number of hydrogen-bond donors (Lipinski definition) is 0. The van der Waals surface area contributed by atoms with Crippen LogP contribution in [0.25, 0.3) is 6.08 Å². The predicted octanol–water partition coefficient (Wildman–Crippen LogP) is 6.97. The molecular weight excluding hydrogens is 292 g/mol. The highest BCUT2D eigenvalue weighted by Gasteiger charge is 2.26. The minimum absolute atomic E-state index is 0.269. The minimum Gasteiger partial charge on any atom is -0.461 e. The number of hydrogen-bond acceptors (Lipinski definition) is 1. The maximum atomic E-state index is 6.08. The third kappa shape index (κ3) is 3.56. The first kappa shape index (κ1) is 16.8. The van der Waals surface area contributed by atoms with E-state index < -0.39 is 0 Å². The van der Waals surface area contributed by atoms with Gasteiger partial charge in [-0.15, -0.1) is 0 Å². The van der Waals surface area contributed by atoms with Gasteiger partial charge in [-0.05, 0) is 60.9 Å². The molecule has 1 aromatic heterocycles. The van der Waals surface area contributed by atoms with Crippen LogP contribution in [-0.4, -0.2) is 0 Å². The minimum atomic E-state index is 0.269. The van der Waals surface area contributed by atoms with E-state index >= 15 is 0 Å². The lowest BCUT2D eigenvalue weighted by atomic mass is 9.72. The lowest BCUT2D eigenvalue weighted by molar-refractivity contribution is 0.377. The summed E-state index contributed by atoms with van der Waals surface area (Å²) in [4.78, 5) is 0. The molecule has 1 nitrogen and oxygen atoms in total. The van der Waals surface area contributed by atoms with E-state index in [0.717, 1.165) is 11.5 Å². The molecule has 2 aromatic rings. The Hall–Kier alpha value is -2.02. The van der Waals surface area contributed by atoms with Crippen LogP contribution in [0.15, 0.2) is 64.1 Å². The SMILES string of the molecule is CC1=C(/C=C/c2ccc(C(C)c3ccccc3)o2)C(C)(C)CCC1. The summed E-state index contributed by atoms with van der Waals surface area (Å²) in [5.74, 6) is 2.24. The van der Waals surface area contributed by atoms with Gasteiger partial charge in [0.1, 0.15) is 11.5 Å². The summed E-state index contributed by atoms with van der Waals surface area (Å²) < 4.78 is 6.08. The maximum absolute atomic E-state index is 6.08. The number of rotatable bonds is 4. The van der Waals surface area contributed by atoms with Crippen molar-refractivity contribution in [3.63, 3.8) is 0 Å². The molecule has 1 heterocycles. The summed E-state index contributed by atoms with van der Waals surface area (Å²) in [5, 5.41) is 0. The zero-order valence-electron chi connectivity index (χ0n) is 15.3. The average Bonchev–Trinajstić information content (AvgIpc) is 3.03. The van der Waals surface area contributed by atoms with Crippen molar-refractivity contribution in [1.29, 1.82) is 0 Å². The molecule has 0 radical (unpaired) electrons. The van der Waals surface area contributed by atoms with E-state index in [9.17, 15) is 0 Å². The molecular formula is C23H28O. The van der Waals surface area contributed by atoms with Gasteiger partial charge in [0.15, 0.2) is 0 Å². The van der Waals surface area contributed by atoms with Crippen molar-refractivity contribution in [2.75, 3.05) is 0 Å². The molecule has 0 N–H and O–H groups in total. The molecule has 126 valence electrons. The van der Waals surface area contributed by atoms with E-state index in [4.69, 9.17) is 4.42 Å². The summed E-state index contributed by atoms with van der Waals surface area (Å²) in [6.45, 7) is 9.16. The van der Waals surface area contributed by atoms with Gasteiger partial charge in [0, 0.05) is 5.92 Å². The average molecular weight is 320 g/mol. The van der Waals surface area contributed by atoms with E-state index in [-0.39, 0.29) is 11.3 Å². The van der Waals surface area contributed by atoms with Gasteiger partial charge in [-0.25, -0.2) is 0 Å². The molecule has 0 spiro atoms.